The van der Waals surface area contributed by atoms with E-state index in [1.165, 1.54) is 5.56 Å². The number of nitrogens with zero attached hydrogens (tertiary/aromatic N) is 2. The van der Waals surface area contributed by atoms with Gasteiger partial charge in [-0.3, -0.25) is 9.69 Å². The Balaban J connectivity index is 1.57. The van der Waals surface area contributed by atoms with Crippen LogP contribution in [0.25, 0.3) is 0 Å². The standard InChI is InChI=1S/C23H28N2O4/c1-4-15-29-21-10-7-19(16-22(21)28-3)23(26)25-13-11-24(12-14-25)17-18-5-8-20(27-2)9-6-18/h4-10,16H,1,11-15,17H2,2-3H3. The molecule has 0 N–H and O–H groups in total. The normalized spacial score (nSPS) is 14.3. The smallest absolute Gasteiger partial charge is 0.254 e. The molecule has 1 saturated heterocycles. The van der Waals surface area contributed by atoms with Gasteiger partial charge in [-0.15, -0.1) is 0 Å². The van der Waals surface area contributed by atoms with Crippen LogP contribution in [-0.2, 0) is 6.54 Å². The van der Waals surface area contributed by atoms with Crippen LogP contribution in [0.2, 0.25) is 0 Å². The van der Waals surface area contributed by atoms with Gasteiger partial charge in [0.15, 0.2) is 11.5 Å². The predicted molar refractivity (Wildman–Crippen MR) is 113 cm³/mol. The first-order valence-electron chi connectivity index (χ1n) is 9.71. The zero-order valence-electron chi connectivity index (χ0n) is 17.1. The van der Waals surface area contributed by atoms with Crippen molar-refractivity contribution < 1.29 is 19.0 Å². The number of benzene rings is 2. The lowest BCUT2D eigenvalue weighted by Gasteiger charge is -2.35. The Bertz CT molecular complexity index is 827. The lowest BCUT2D eigenvalue weighted by atomic mass is 10.1. The summed E-state index contributed by atoms with van der Waals surface area (Å²) >= 11 is 0. The molecule has 0 bridgehead atoms. The Kier molecular flexibility index (Phi) is 7.14. The van der Waals surface area contributed by atoms with Crippen molar-refractivity contribution in [3.8, 4) is 17.2 Å². The van der Waals surface area contributed by atoms with Gasteiger partial charge in [-0.2, -0.15) is 0 Å². The number of ether oxygens (including phenoxy) is 3. The Morgan fingerprint density at radius 1 is 1.00 bits per heavy atom. The number of carbonyl (C=O) groups excluding carboxylic acids is 1. The maximum Gasteiger partial charge on any atom is 0.254 e. The first-order chi connectivity index (χ1) is 14.1. The Morgan fingerprint density at radius 2 is 1.72 bits per heavy atom. The van der Waals surface area contributed by atoms with E-state index in [9.17, 15) is 4.79 Å². The van der Waals surface area contributed by atoms with Crippen molar-refractivity contribution in [1.82, 2.24) is 9.80 Å². The van der Waals surface area contributed by atoms with Crippen LogP contribution in [0.1, 0.15) is 15.9 Å². The summed E-state index contributed by atoms with van der Waals surface area (Å²) in [6.07, 6.45) is 1.67. The second-order valence-electron chi connectivity index (χ2n) is 6.88. The van der Waals surface area contributed by atoms with E-state index in [1.54, 1.807) is 38.5 Å². The Labute approximate surface area is 172 Å². The molecule has 1 amide bonds. The molecule has 29 heavy (non-hydrogen) atoms. The van der Waals surface area contributed by atoms with Gasteiger partial charge in [0, 0.05) is 38.3 Å². The number of rotatable bonds is 8. The van der Waals surface area contributed by atoms with E-state index in [1.807, 2.05) is 17.0 Å². The van der Waals surface area contributed by atoms with E-state index < -0.39 is 0 Å². The summed E-state index contributed by atoms with van der Waals surface area (Å²) in [6, 6.07) is 13.4. The number of amides is 1. The predicted octanol–water partition coefficient (Wildman–Crippen LogP) is 3.23. The molecule has 2 aromatic carbocycles. The van der Waals surface area contributed by atoms with Crippen LogP contribution < -0.4 is 14.2 Å². The third-order valence-corrected chi connectivity index (χ3v) is 4.99. The molecule has 1 fully saturated rings. The van der Waals surface area contributed by atoms with Crippen LogP contribution in [0.15, 0.2) is 55.1 Å². The molecule has 0 unspecified atom stereocenters. The highest BCUT2D eigenvalue weighted by Crippen LogP contribution is 2.28. The topological polar surface area (TPSA) is 51.2 Å². The molecule has 1 aliphatic heterocycles. The minimum atomic E-state index is 0.0164. The molecule has 154 valence electrons. The fraction of sp³-hybridized carbons (Fsp3) is 0.348. The molecule has 0 atom stereocenters. The minimum absolute atomic E-state index is 0.0164. The van der Waals surface area contributed by atoms with Crippen molar-refractivity contribution in [3.63, 3.8) is 0 Å². The van der Waals surface area contributed by atoms with Gasteiger partial charge in [0.1, 0.15) is 12.4 Å². The molecule has 0 saturated carbocycles. The van der Waals surface area contributed by atoms with E-state index >= 15 is 0 Å². The fourth-order valence-corrected chi connectivity index (χ4v) is 3.35. The fourth-order valence-electron chi connectivity index (χ4n) is 3.35. The largest absolute Gasteiger partial charge is 0.497 e. The monoisotopic (exact) mass is 396 g/mol. The van der Waals surface area contributed by atoms with Gasteiger partial charge in [0.2, 0.25) is 0 Å². The lowest BCUT2D eigenvalue weighted by molar-refractivity contribution is 0.0628. The highest BCUT2D eigenvalue weighted by molar-refractivity contribution is 5.95. The molecular formula is C23H28N2O4. The Hall–Kier alpha value is -2.99. The summed E-state index contributed by atoms with van der Waals surface area (Å²) in [5.74, 6) is 2.03. The number of hydrogen-bond acceptors (Lipinski definition) is 5. The molecule has 0 spiro atoms. The van der Waals surface area contributed by atoms with Crippen molar-refractivity contribution in [2.24, 2.45) is 0 Å². The first kappa shape index (κ1) is 20.7. The van der Waals surface area contributed by atoms with Gasteiger partial charge in [0.25, 0.3) is 5.91 Å². The zero-order chi connectivity index (χ0) is 20.6. The minimum Gasteiger partial charge on any atom is -0.497 e. The number of carbonyl (C=O) groups is 1. The van der Waals surface area contributed by atoms with Crippen molar-refractivity contribution in [2.45, 2.75) is 6.54 Å². The zero-order valence-corrected chi connectivity index (χ0v) is 17.1. The molecule has 2 aromatic rings. The van der Waals surface area contributed by atoms with Crippen molar-refractivity contribution in [1.29, 1.82) is 0 Å². The second kappa shape index (κ2) is 9.98. The summed E-state index contributed by atoms with van der Waals surface area (Å²) in [5.41, 5.74) is 1.85. The molecular weight excluding hydrogens is 368 g/mol. The average Bonchev–Trinajstić information content (AvgIpc) is 2.78. The van der Waals surface area contributed by atoms with E-state index in [-0.39, 0.29) is 5.91 Å². The number of piperazine rings is 1. The first-order valence-corrected chi connectivity index (χ1v) is 9.71. The highest BCUT2D eigenvalue weighted by Gasteiger charge is 2.23. The van der Waals surface area contributed by atoms with Crippen LogP contribution in [-0.4, -0.2) is 62.7 Å². The molecule has 1 aliphatic rings. The number of hydrogen-bond donors (Lipinski definition) is 0. The van der Waals surface area contributed by atoms with Gasteiger partial charge < -0.3 is 19.1 Å². The van der Waals surface area contributed by atoms with Crippen molar-refractivity contribution >= 4 is 5.91 Å². The van der Waals surface area contributed by atoms with Gasteiger partial charge in [-0.05, 0) is 35.9 Å². The summed E-state index contributed by atoms with van der Waals surface area (Å²) in [4.78, 5) is 17.2. The molecule has 6 nitrogen and oxygen atoms in total. The highest BCUT2D eigenvalue weighted by atomic mass is 16.5. The summed E-state index contributed by atoms with van der Waals surface area (Å²) in [7, 11) is 3.24. The van der Waals surface area contributed by atoms with Gasteiger partial charge in [0.05, 0.1) is 14.2 Å². The maximum atomic E-state index is 12.9. The van der Waals surface area contributed by atoms with E-state index in [2.05, 4.69) is 23.6 Å². The van der Waals surface area contributed by atoms with E-state index in [4.69, 9.17) is 14.2 Å². The molecule has 1 heterocycles. The summed E-state index contributed by atoms with van der Waals surface area (Å²) in [5, 5.41) is 0. The second-order valence-corrected chi connectivity index (χ2v) is 6.88. The van der Waals surface area contributed by atoms with Crippen LogP contribution in [0.4, 0.5) is 0 Å². The number of methoxy groups -OCH3 is 2. The van der Waals surface area contributed by atoms with Crippen molar-refractivity contribution in [2.75, 3.05) is 47.0 Å². The van der Waals surface area contributed by atoms with E-state index in [0.29, 0.717) is 36.8 Å². The average molecular weight is 396 g/mol. The molecule has 0 radical (unpaired) electrons. The van der Waals surface area contributed by atoms with Gasteiger partial charge in [-0.25, -0.2) is 0 Å². The SMILES string of the molecule is C=CCOc1ccc(C(=O)N2CCN(Cc3ccc(OC)cc3)CC2)cc1OC. The molecule has 0 aliphatic carbocycles. The quantitative estimate of drug-likeness (QED) is 0.642. The lowest BCUT2D eigenvalue weighted by Crippen LogP contribution is -2.48. The molecule has 6 heteroatoms. The van der Waals surface area contributed by atoms with Crippen LogP contribution >= 0.6 is 0 Å². The summed E-state index contributed by atoms with van der Waals surface area (Å²) < 4.78 is 16.1. The third-order valence-electron chi connectivity index (χ3n) is 4.99. The van der Waals surface area contributed by atoms with Crippen LogP contribution in [0, 0.1) is 0 Å². The van der Waals surface area contributed by atoms with Crippen LogP contribution in [0.3, 0.4) is 0 Å². The molecule has 3 rings (SSSR count). The Morgan fingerprint density at radius 3 is 2.34 bits per heavy atom. The third kappa shape index (κ3) is 5.29. The maximum absolute atomic E-state index is 12.9. The van der Waals surface area contributed by atoms with Gasteiger partial charge >= 0.3 is 0 Å². The van der Waals surface area contributed by atoms with E-state index in [0.717, 1.165) is 25.4 Å². The van der Waals surface area contributed by atoms with Gasteiger partial charge in [-0.1, -0.05) is 24.8 Å². The van der Waals surface area contributed by atoms with Crippen molar-refractivity contribution in [3.05, 3.63) is 66.2 Å². The molecule has 0 aromatic heterocycles. The van der Waals surface area contributed by atoms with Crippen LogP contribution in [0.5, 0.6) is 17.2 Å². The summed E-state index contributed by atoms with van der Waals surface area (Å²) in [6.45, 7) is 7.99.